The minimum atomic E-state index is -1.09. The molecule has 3 aromatic heterocycles. The molecule has 0 bridgehead atoms. The Morgan fingerprint density at radius 2 is 2.20 bits per heavy atom. The SMILES string of the molecule is O=C(O)NC1(c2nc(NCc3ccccn3)c3c(Cl)ccn3n2)CC1. The first-order valence-corrected chi connectivity index (χ1v) is 8.15. The molecule has 3 N–H and O–H groups in total. The second-order valence-electron chi connectivity index (χ2n) is 5.93. The first kappa shape index (κ1) is 15.6. The quantitative estimate of drug-likeness (QED) is 0.647. The van der Waals surface area contributed by atoms with Crippen LogP contribution in [0.25, 0.3) is 5.52 Å². The van der Waals surface area contributed by atoms with E-state index < -0.39 is 11.6 Å². The molecule has 1 aliphatic rings. The molecule has 3 heterocycles. The molecular weight excluding hydrogens is 344 g/mol. The van der Waals surface area contributed by atoms with Gasteiger partial charge in [0.2, 0.25) is 0 Å². The number of amides is 1. The molecule has 4 rings (SSSR count). The molecule has 8 nitrogen and oxygen atoms in total. The molecule has 1 amide bonds. The van der Waals surface area contributed by atoms with Crippen molar-refractivity contribution in [2.75, 3.05) is 5.32 Å². The summed E-state index contributed by atoms with van der Waals surface area (Å²) in [5.41, 5.74) is 0.777. The second-order valence-corrected chi connectivity index (χ2v) is 6.33. The van der Waals surface area contributed by atoms with Gasteiger partial charge in [-0.15, -0.1) is 5.10 Å². The Kier molecular flexibility index (Phi) is 3.69. The molecule has 0 aliphatic heterocycles. The summed E-state index contributed by atoms with van der Waals surface area (Å²) in [4.78, 5) is 19.9. The zero-order valence-corrected chi connectivity index (χ0v) is 13.9. The van der Waals surface area contributed by atoms with E-state index in [1.165, 1.54) is 0 Å². The van der Waals surface area contributed by atoms with E-state index in [4.69, 9.17) is 16.7 Å². The number of rotatable bonds is 5. The van der Waals surface area contributed by atoms with Gasteiger partial charge in [0.15, 0.2) is 11.6 Å². The fraction of sp³-hybridized carbons (Fsp3) is 0.250. The molecule has 1 fully saturated rings. The predicted molar refractivity (Wildman–Crippen MR) is 91.6 cm³/mol. The number of hydrogen-bond acceptors (Lipinski definition) is 5. The van der Waals surface area contributed by atoms with Gasteiger partial charge in [0.05, 0.1) is 17.3 Å². The Bertz CT molecular complexity index is 938. The van der Waals surface area contributed by atoms with Crippen molar-refractivity contribution in [3.63, 3.8) is 0 Å². The highest BCUT2D eigenvalue weighted by Crippen LogP contribution is 2.44. The van der Waals surface area contributed by atoms with Crippen molar-refractivity contribution < 1.29 is 9.90 Å². The summed E-state index contributed by atoms with van der Waals surface area (Å²) in [5.74, 6) is 0.974. The Labute approximate surface area is 147 Å². The maximum Gasteiger partial charge on any atom is 0.405 e. The Morgan fingerprint density at radius 3 is 2.88 bits per heavy atom. The first-order chi connectivity index (χ1) is 12.1. The van der Waals surface area contributed by atoms with Crippen molar-refractivity contribution >= 4 is 29.0 Å². The van der Waals surface area contributed by atoms with Gasteiger partial charge >= 0.3 is 6.09 Å². The largest absolute Gasteiger partial charge is 0.465 e. The first-order valence-electron chi connectivity index (χ1n) is 7.78. The van der Waals surface area contributed by atoms with Crippen LogP contribution in [0.15, 0.2) is 36.7 Å². The third-order valence-corrected chi connectivity index (χ3v) is 4.45. The molecule has 3 aromatic rings. The number of carbonyl (C=O) groups is 1. The molecule has 0 radical (unpaired) electrons. The highest BCUT2D eigenvalue weighted by molar-refractivity contribution is 6.34. The molecule has 0 atom stereocenters. The number of hydrogen-bond donors (Lipinski definition) is 3. The average molecular weight is 359 g/mol. The fourth-order valence-electron chi connectivity index (χ4n) is 2.72. The summed E-state index contributed by atoms with van der Waals surface area (Å²) >= 11 is 6.26. The minimum absolute atomic E-state index is 0.429. The Morgan fingerprint density at radius 1 is 1.36 bits per heavy atom. The molecule has 0 unspecified atom stereocenters. The normalized spacial score (nSPS) is 15.1. The van der Waals surface area contributed by atoms with Crippen LogP contribution in [0.1, 0.15) is 24.4 Å². The zero-order chi connectivity index (χ0) is 17.4. The predicted octanol–water partition coefficient (Wildman–Crippen LogP) is 2.65. The smallest absolute Gasteiger partial charge is 0.405 e. The lowest BCUT2D eigenvalue weighted by atomic mass is 10.2. The van der Waals surface area contributed by atoms with E-state index >= 15 is 0 Å². The summed E-state index contributed by atoms with van der Waals surface area (Å²) in [6.45, 7) is 0.466. The van der Waals surface area contributed by atoms with E-state index in [2.05, 4.69) is 25.7 Å². The lowest BCUT2D eigenvalue weighted by Gasteiger charge is -2.16. The molecule has 0 saturated heterocycles. The van der Waals surface area contributed by atoms with Gasteiger partial charge in [-0.1, -0.05) is 17.7 Å². The Hall–Kier alpha value is -2.87. The molecule has 9 heteroatoms. The molecule has 1 aliphatic carbocycles. The maximum absolute atomic E-state index is 11.1. The van der Waals surface area contributed by atoms with Crippen LogP contribution in [0.5, 0.6) is 0 Å². The van der Waals surface area contributed by atoms with Crippen molar-refractivity contribution in [3.05, 3.63) is 53.2 Å². The van der Waals surface area contributed by atoms with Crippen molar-refractivity contribution in [2.24, 2.45) is 0 Å². The molecule has 1 saturated carbocycles. The zero-order valence-electron chi connectivity index (χ0n) is 13.1. The van der Waals surface area contributed by atoms with E-state index in [1.807, 2.05) is 18.2 Å². The van der Waals surface area contributed by atoms with Crippen LogP contribution in [0.3, 0.4) is 0 Å². The number of aromatic nitrogens is 4. The number of nitrogens with zero attached hydrogens (tertiary/aromatic N) is 4. The summed E-state index contributed by atoms with van der Waals surface area (Å²) in [5, 5.41) is 19.8. The molecular formula is C16H15ClN6O2. The summed E-state index contributed by atoms with van der Waals surface area (Å²) in [7, 11) is 0. The summed E-state index contributed by atoms with van der Waals surface area (Å²) in [6, 6.07) is 7.39. The van der Waals surface area contributed by atoms with Crippen LogP contribution in [-0.4, -0.2) is 30.8 Å². The molecule has 0 aromatic carbocycles. The van der Waals surface area contributed by atoms with E-state index in [1.54, 1.807) is 23.0 Å². The summed E-state index contributed by atoms with van der Waals surface area (Å²) < 4.78 is 1.62. The number of nitrogens with one attached hydrogen (secondary N) is 2. The monoisotopic (exact) mass is 358 g/mol. The fourth-order valence-corrected chi connectivity index (χ4v) is 2.96. The average Bonchev–Trinajstić information content (AvgIpc) is 3.28. The molecule has 0 spiro atoms. The third kappa shape index (κ3) is 2.96. The number of pyridine rings is 1. The van der Waals surface area contributed by atoms with Crippen LogP contribution in [0, 0.1) is 0 Å². The van der Waals surface area contributed by atoms with Crippen molar-refractivity contribution in [2.45, 2.75) is 24.9 Å². The molecule has 25 heavy (non-hydrogen) atoms. The van der Waals surface area contributed by atoms with Gasteiger partial charge in [-0.05, 0) is 31.0 Å². The van der Waals surface area contributed by atoms with Gasteiger partial charge in [0.25, 0.3) is 0 Å². The number of fused-ring (bicyclic) bond motifs is 1. The van der Waals surface area contributed by atoms with Crippen LogP contribution in [0.2, 0.25) is 5.02 Å². The van der Waals surface area contributed by atoms with Gasteiger partial charge < -0.3 is 15.7 Å². The van der Waals surface area contributed by atoms with Gasteiger partial charge in [-0.25, -0.2) is 14.3 Å². The Balaban J connectivity index is 1.71. The topological polar surface area (TPSA) is 104 Å². The van der Waals surface area contributed by atoms with Crippen LogP contribution >= 0.6 is 11.6 Å². The van der Waals surface area contributed by atoms with Gasteiger partial charge in [-0.3, -0.25) is 4.98 Å². The van der Waals surface area contributed by atoms with Crippen molar-refractivity contribution in [1.82, 2.24) is 24.9 Å². The highest BCUT2D eigenvalue weighted by atomic mass is 35.5. The lowest BCUT2D eigenvalue weighted by Crippen LogP contribution is -2.35. The standard InChI is InChI=1S/C16H15ClN6O2/c17-11-4-8-23-12(11)13(19-9-10-3-1-2-7-18-10)20-14(22-23)16(5-6-16)21-15(24)25/h1-4,7-8,21H,5-6,9H2,(H,24,25)(H,19,20,22). The van der Waals surface area contributed by atoms with Crippen molar-refractivity contribution in [1.29, 1.82) is 0 Å². The highest BCUT2D eigenvalue weighted by Gasteiger charge is 2.49. The van der Waals surface area contributed by atoms with E-state index in [0.29, 0.717) is 41.6 Å². The van der Waals surface area contributed by atoms with Crippen LogP contribution < -0.4 is 10.6 Å². The second kappa shape index (κ2) is 5.89. The lowest BCUT2D eigenvalue weighted by molar-refractivity contribution is 0.187. The van der Waals surface area contributed by atoms with Gasteiger partial charge in [0.1, 0.15) is 11.1 Å². The maximum atomic E-state index is 11.1. The summed E-state index contributed by atoms with van der Waals surface area (Å²) in [6.07, 6.45) is 3.69. The number of anilines is 1. The minimum Gasteiger partial charge on any atom is -0.465 e. The van der Waals surface area contributed by atoms with Gasteiger partial charge in [0, 0.05) is 12.4 Å². The van der Waals surface area contributed by atoms with E-state index in [9.17, 15) is 4.79 Å². The van der Waals surface area contributed by atoms with Crippen LogP contribution in [-0.2, 0) is 12.1 Å². The van der Waals surface area contributed by atoms with Gasteiger partial charge in [-0.2, -0.15) is 0 Å². The van der Waals surface area contributed by atoms with E-state index in [-0.39, 0.29) is 0 Å². The number of carboxylic acid groups (broad SMARTS) is 1. The van der Waals surface area contributed by atoms with Crippen molar-refractivity contribution in [3.8, 4) is 0 Å². The molecule has 128 valence electrons. The van der Waals surface area contributed by atoms with E-state index in [0.717, 1.165) is 5.69 Å². The van der Waals surface area contributed by atoms with Crippen LogP contribution in [0.4, 0.5) is 10.6 Å². The number of halogens is 1. The third-order valence-electron chi connectivity index (χ3n) is 4.15.